The number of carbonyl (C=O) groups is 2. The normalized spacial score (nSPS) is 14.2. The predicted molar refractivity (Wildman–Crippen MR) is 54.1 cm³/mol. The fraction of sp³-hybridized carbons (Fsp3) is 0.778. The molecule has 2 unspecified atom stereocenters. The number of hydrogen-bond donors (Lipinski definition) is 3. The third-order valence-electron chi connectivity index (χ3n) is 2.14. The number of rotatable bonds is 8. The van der Waals surface area contributed by atoms with Crippen LogP contribution >= 0.6 is 0 Å². The number of unbranched alkanes of at least 4 members (excludes halogenated alkanes) is 1. The second-order valence-corrected chi connectivity index (χ2v) is 3.51. The largest absolute Gasteiger partial charge is 0.480 e. The topological polar surface area (TPSA) is 102 Å². The van der Waals surface area contributed by atoms with Gasteiger partial charge in [0, 0.05) is 4.53 Å². The summed E-state index contributed by atoms with van der Waals surface area (Å²) in [4.78, 5) is 24.0. The van der Waals surface area contributed by atoms with Gasteiger partial charge < -0.3 is 16.2 Å². The lowest BCUT2D eigenvalue weighted by Gasteiger charge is -2.09. The van der Waals surface area contributed by atoms with E-state index < -0.39 is 24.0 Å². The molecule has 2 atom stereocenters. The quantitative estimate of drug-likeness (QED) is 0.512. The van der Waals surface area contributed by atoms with Gasteiger partial charge in [-0.3, -0.25) is 9.74 Å². The van der Waals surface area contributed by atoms with Crippen LogP contribution in [0.1, 0.15) is 26.2 Å². The molecule has 0 spiro atoms. The summed E-state index contributed by atoms with van der Waals surface area (Å²) in [5, 5.41) is 11.2. The van der Waals surface area contributed by atoms with Crippen LogP contribution in [0.2, 0.25) is 0 Å². The summed E-state index contributed by atoms with van der Waals surface area (Å²) in [6.07, 6.45) is 1.65. The summed E-state index contributed by atoms with van der Waals surface area (Å²) in [7, 11) is 0. The van der Waals surface area contributed by atoms with Crippen molar-refractivity contribution in [1.82, 2.24) is 5.32 Å². The van der Waals surface area contributed by atoms with E-state index >= 15 is 0 Å². The fourth-order valence-electron chi connectivity index (χ4n) is 1.08. The molecule has 0 saturated heterocycles. The average molecular weight is 236 g/mol. The van der Waals surface area contributed by atoms with E-state index in [4.69, 9.17) is 10.8 Å². The van der Waals surface area contributed by atoms with Crippen LogP contribution in [0.4, 0.5) is 4.53 Å². The van der Waals surface area contributed by atoms with Crippen molar-refractivity contribution in [3.63, 3.8) is 0 Å². The van der Waals surface area contributed by atoms with E-state index in [9.17, 15) is 14.1 Å². The highest BCUT2D eigenvalue weighted by Gasteiger charge is 2.14. The van der Waals surface area contributed by atoms with Crippen LogP contribution in [0, 0.1) is 0 Å². The van der Waals surface area contributed by atoms with Crippen LogP contribution in [0.5, 0.6) is 0 Å². The van der Waals surface area contributed by atoms with E-state index in [1.165, 1.54) is 6.92 Å². The van der Waals surface area contributed by atoms with Crippen molar-refractivity contribution < 1.29 is 24.2 Å². The summed E-state index contributed by atoms with van der Waals surface area (Å²) in [6, 6.07) is -1.56. The van der Waals surface area contributed by atoms with Gasteiger partial charge >= 0.3 is 11.9 Å². The molecule has 0 fully saturated rings. The van der Waals surface area contributed by atoms with Gasteiger partial charge in [-0.15, -0.1) is 0 Å². The van der Waals surface area contributed by atoms with Gasteiger partial charge in [0.1, 0.15) is 12.1 Å². The van der Waals surface area contributed by atoms with Crippen molar-refractivity contribution in [2.24, 2.45) is 5.73 Å². The number of carboxylic acids is 1. The average Bonchev–Trinajstić information content (AvgIpc) is 2.26. The molecule has 0 aliphatic heterocycles. The molecular weight excluding hydrogens is 219 g/mol. The maximum absolute atomic E-state index is 11.4. The first-order valence-electron chi connectivity index (χ1n) is 5.03. The van der Waals surface area contributed by atoms with Crippen molar-refractivity contribution >= 4 is 11.9 Å². The summed E-state index contributed by atoms with van der Waals surface area (Å²) >= 11 is 0. The van der Waals surface area contributed by atoms with E-state index in [0.29, 0.717) is 25.8 Å². The van der Waals surface area contributed by atoms with Crippen LogP contribution in [0.25, 0.3) is 0 Å². The molecule has 0 aromatic carbocycles. The summed E-state index contributed by atoms with van der Waals surface area (Å²) in [6.45, 7) is 1.95. The smallest absolute Gasteiger partial charge is 0.365 e. The highest BCUT2D eigenvalue weighted by Crippen LogP contribution is 1.99. The number of halogens is 1. The third kappa shape index (κ3) is 6.31. The fourth-order valence-corrected chi connectivity index (χ4v) is 1.08. The van der Waals surface area contributed by atoms with Gasteiger partial charge in [0.25, 0.3) is 0 Å². The van der Waals surface area contributed by atoms with Crippen LogP contribution in [0.15, 0.2) is 0 Å². The molecule has 0 aromatic heterocycles. The minimum atomic E-state index is -1.03. The molecule has 0 saturated carbocycles. The van der Waals surface area contributed by atoms with Gasteiger partial charge in [-0.2, -0.15) is 0 Å². The Morgan fingerprint density at radius 2 is 2.12 bits per heavy atom. The molecule has 94 valence electrons. The first kappa shape index (κ1) is 14.8. The highest BCUT2D eigenvalue weighted by molar-refractivity contribution is 5.74. The van der Waals surface area contributed by atoms with E-state index in [0.717, 1.165) is 0 Å². The van der Waals surface area contributed by atoms with Gasteiger partial charge in [-0.1, -0.05) is 6.42 Å². The zero-order valence-electron chi connectivity index (χ0n) is 9.11. The number of aliphatic carboxylic acids is 1. The lowest BCUT2D eigenvalue weighted by molar-refractivity contribution is -0.185. The Kier molecular flexibility index (Phi) is 7.40. The molecule has 0 aliphatic carbocycles. The van der Waals surface area contributed by atoms with Crippen LogP contribution in [-0.2, 0) is 14.5 Å². The minimum absolute atomic E-state index is 0.374. The maximum Gasteiger partial charge on any atom is 0.365 e. The molecule has 7 heteroatoms. The van der Waals surface area contributed by atoms with E-state index in [1.807, 2.05) is 0 Å². The van der Waals surface area contributed by atoms with Crippen molar-refractivity contribution in [1.29, 1.82) is 0 Å². The zero-order valence-corrected chi connectivity index (χ0v) is 9.11. The standard InChI is InChI=1S/C9H17FN2O4/c1-6(9(15)16-10)12-5-3-2-4-7(11)8(13)14/h6-7,12H,2-5,11H2,1H3,(H,13,14). The number of carboxylic acid groups (broad SMARTS) is 1. The van der Waals surface area contributed by atoms with Crippen molar-refractivity contribution in [2.75, 3.05) is 6.54 Å². The lowest BCUT2D eigenvalue weighted by atomic mass is 10.1. The lowest BCUT2D eigenvalue weighted by Crippen LogP contribution is -2.35. The highest BCUT2D eigenvalue weighted by atomic mass is 19.3. The number of nitrogens with two attached hydrogens (primary N) is 1. The molecule has 0 bridgehead atoms. The van der Waals surface area contributed by atoms with Crippen LogP contribution < -0.4 is 11.1 Å². The Morgan fingerprint density at radius 3 is 2.62 bits per heavy atom. The number of hydrogen-bond acceptors (Lipinski definition) is 5. The van der Waals surface area contributed by atoms with Gasteiger partial charge in [-0.25, -0.2) is 4.79 Å². The van der Waals surface area contributed by atoms with Crippen LogP contribution in [0.3, 0.4) is 0 Å². The summed E-state index contributed by atoms with van der Waals surface area (Å²) in [5.74, 6) is -2.00. The van der Waals surface area contributed by atoms with Crippen molar-refractivity contribution in [3.05, 3.63) is 0 Å². The van der Waals surface area contributed by atoms with E-state index in [2.05, 4.69) is 10.3 Å². The predicted octanol–water partition coefficient (Wildman–Crippen LogP) is -0.0256. The maximum atomic E-state index is 11.4. The van der Waals surface area contributed by atoms with Gasteiger partial charge in [0.2, 0.25) is 0 Å². The third-order valence-corrected chi connectivity index (χ3v) is 2.14. The van der Waals surface area contributed by atoms with Gasteiger partial charge in [0.05, 0.1) is 0 Å². The first-order valence-corrected chi connectivity index (χ1v) is 5.03. The number of nitrogens with one attached hydrogen (secondary N) is 1. The Labute approximate surface area is 92.8 Å². The monoisotopic (exact) mass is 236 g/mol. The minimum Gasteiger partial charge on any atom is -0.480 e. The second kappa shape index (κ2) is 8.00. The molecule has 0 amide bonds. The molecule has 4 N–H and O–H groups in total. The van der Waals surface area contributed by atoms with Gasteiger partial charge in [-0.05, 0) is 26.3 Å². The Balaban J connectivity index is 3.47. The molecule has 6 nitrogen and oxygen atoms in total. The Morgan fingerprint density at radius 1 is 1.50 bits per heavy atom. The SMILES string of the molecule is CC(NCCCCC(N)C(=O)O)C(=O)OF. The summed E-state index contributed by atoms with van der Waals surface area (Å²) in [5.41, 5.74) is 5.28. The Bertz CT molecular complexity index is 238. The molecule has 0 aliphatic rings. The second-order valence-electron chi connectivity index (χ2n) is 3.51. The molecule has 0 heterocycles. The molecule has 16 heavy (non-hydrogen) atoms. The molecule has 0 aromatic rings. The molecular formula is C9H17FN2O4. The number of carbonyl (C=O) groups excluding carboxylic acids is 1. The molecule has 0 rings (SSSR count). The van der Waals surface area contributed by atoms with Crippen molar-refractivity contribution in [2.45, 2.75) is 38.3 Å². The zero-order chi connectivity index (χ0) is 12.6. The van der Waals surface area contributed by atoms with E-state index in [1.54, 1.807) is 0 Å². The molecule has 0 radical (unpaired) electrons. The first-order chi connectivity index (χ1) is 7.49. The Hall–Kier alpha value is -1.21. The van der Waals surface area contributed by atoms with Crippen molar-refractivity contribution in [3.8, 4) is 0 Å². The van der Waals surface area contributed by atoms with Gasteiger partial charge in [0.15, 0.2) is 0 Å². The summed E-state index contributed by atoms with van der Waals surface area (Å²) < 4.78 is 11.4. The van der Waals surface area contributed by atoms with E-state index in [-0.39, 0.29) is 0 Å². The van der Waals surface area contributed by atoms with Crippen LogP contribution in [-0.4, -0.2) is 35.7 Å².